The lowest BCUT2D eigenvalue weighted by Gasteiger charge is -2.57. The lowest BCUT2D eigenvalue weighted by molar-refractivity contribution is -0.00972. The van der Waals surface area contributed by atoms with Crippen LogP contribution < -0.4 is 10.6 Å². The second kappa shape index (κ2) is 4.87. The molecule has 4 aliphatic carbocycles. The van der Waals surface area contributed by atoms with Crippen molar-refractivity contribution in [3.8, 4) is 5.75 Å². The number of phenols is 1. The van der Waals surface area contributed by atoms with Crippen molar-refractivity contribution in [2.75, 3.05) is 5.32 Å². The van der Waals surface area contributed by atoms with E-state index in [9.17, 15) is 5.11 Å². The quantitative estimate of drug-likeness (QED) is 0.730. The number of thiocarbonyl (C=S) groups is 1. The van der Waals surface area contributed by atoms with Crippen molar-refractivity contribution in [2.45, 2.75) is 44.1 Å². The smallest absolute Gasteiger partial charge is 0.171 e. The van der Waals surface area contributed by atoms with Crippen LogP contribution in [0.1, 0.15) is 38.5 Å². The molecule has 4 fully saturated rings. The van der Waals surface area contributed by atoms with Gasteiger partial charge in [0.05, 0.1) is 0 Å². The van der Waals surface area contributed by atoms with Gasteiger partial charge in [-0.2, -0.15) is 0 Å². The van der Waals surface area contributed by atoms with Crippen molar-refractivity contribution in [3.63, 3.8) is 0 Å². The molecule has 4 bridgehead atoms. The van der Waals surface area contributed by atoms with Crippen molar-refractivity contribution in [1.29, 1.82) is 0 Å². The Morgan fingerprint density at radius 3 is 2.29 bits per heavy atom. The first kappa shape index (κ1) is 13.4. The molecule has 3 N–H and O–H groups in total. The number of benzene rings is 1. The number of nitrogens with one attached hydrogen (secondary N) is 2. The predicted octanol–water partition coefficient (Wildman–Crippen LogP) is 3.65. The van der Waals surface area contributed by atoms with Crippen LogP contribution in [0, 0.1) is 17.8 Å². The Bertz CT molecular complexity index is 536. The Balaban J connectivity index is 1.45. The average Bonchev–Trinajstić information content (AvgIpc) is 2.35. The summed E-state index contributed by atoms with van der Waals surface area (Å²) in [4.78, 5) is 0. The Kier molecular flexibility index (Phi) is 3.10. The van der Waals surface area contributed by atoms with E-state index in [-0.39, 0.29) is 11.3 Å². The molecule has 4 saturated carbocycles. The summed E-state index contributed by atoms with van der Waals surface area (Å²) in [6.07, 6.45) is 8.15. The van der Waals surface area contributed by atoms with Gasteiger partial charge in [0.15, 0.2) is 5.11 Å². The van der Waals surface area contributed by atoms with Gasteiger partial charge in [0.25, 0.3) is 0 Å². The van der Waals surface area contributed by atoms with Crippen molar-refractivity contribution in [2.24, 2.45) is 17.8 Å². The molecule has 0 spiro atoms. The zero-order valence-electron chi connectivity index (χ0n) is 12.1. The third-order valence-electron chi connectivity index (χ3n) is 5.52. The van der Waals surface area contributed by atoms with E-state index < -0.39 is 0 Å². The SMILES string of the molecule is Oc1cccc(NC(=S)NC23CC4CC(CC(C4)C2)C3)c1. The first-order chi connectivity index (χ1) is 10.1. The summed E-state index contributed by atoms with van der Waals surface area (Å²) in [5.74, 6) is 2.99. The van der Waals surface area contributed by atoms with Crippen LogP contribution in [-0.4, -0.2) is 15.8 Å². The number of anilines is 1. The Hall–Kier alpha value is -1.29. The van der Waals surface area contributed by atoms with Crippen molar-refractivity contribution < 1.29 is 5.11 Å². The van der Waals surface area contributed by atoms with Crippen LogP contribution in [0.15, 0.2) is 24.3 Å². The zero-order chi connectivity index (χ0) is 14.4. The molecule has 5 rings (SSSR count). The predicted molar refractivity (Wildman–Crippen MR) is 88.4 cm³/mol. The summed E-state index contributed by atoms with van der Waals surface area (Å²) < 4.78 is 0. The van der Waals surface area contributed by atoms with Gasteiger partial charge >= 0.3 is 0 Å². The topological polar surface area (TPSA) is 44.3 Å². The van der Waals surface area contributed by atoms with Gasteiger partial charge in [0, 0.05) is 17.3 Å². The molecule has 0 atom stereocenters. The minimum Gasteiger partial charge on any atom is -0.508 e. The zero-order valence-corrected chi connectivity index (χ0v) is 13.0. The van der Waals surface area contributed by atoms with E-state index in [1.807, 2.05) is 12.1 Å². The van der Waals surface area contributed by atoms with Gasteiger partial charge in [0.2, 0.25) is 0 Å². The second-order valence-corrected chi connectivity index (χ2v) is 7.74. The molecule has 0 aliphatic heterocycles. The van der Waals surface area contributed by atoms with Crippen LogP contribution >= 0.6 is 12.2 Å². The highest BCUT2D eigenvalue weighted by Gasteiger charge is 2.51. The molecule has 0 aromatic heterocycles. The molecule has 1 aromatic rings. The van der Waals surface area contributed by atoms with Crippen LogP contribution in [0.4, 0.5) is 5.69 Å². The molecule has 0 heterocycles. The summed E-state index contributed by atoms with van der Waals surface area (Å²) in [5, 5.41) is 17.1. The number of hydrogen-bond acceptors (Lipinski definition) is 2. The third kappa shape index (κ3) is 2.61. The standard InChI is InChI=1S/C17H22N2OS/c20-15-3-1-2-14(7-15)18-16(21)19-17-8-11-4-12(9-17)6-13(5-11)10-17/h1-3,7,11-13,20H,4-6,8-10H2,(H2,18,19,21). The maximum Gasteiger partial charge on any atom is 0.171 e. The molecule has 1 aromatic carbocycles. The summed E-state index contributed by atoms with van der Waals surface area (Å²) in [5.41, 5.74) is 1.08. The molecule has 0 amide bonds. The van der Waals surface area contributed by atoms with E-state index in [1.54, 1.807) is 12.1 Å². The maximum absolute atomic E-state index is 9.52. The molecule has 3 nitrogen and oxygen atoms in total. The lowest BCUT2D eigenvalue weighted by Crippen LogP contribution is -2.60. The number of phenolic OH excluding ortho intramolecular Hbond substituents is 1. The highest BCUT2D eigenvalue weighted by molar-refractivity contribution is 7.80. The molecule has 0 unspecified atom stereocenters. The molecular formula is C17H22N2OS. The van der Waals surface area contributed by atoms with Gasteiger partial charge in [-0.15, -0.1) is 0 Å². The van der Waals surface area contributed by atoms with Crippen LogP contribution in [0.5, 0.6) is 5.75 Å². The molecule has 0 radical (unpaired) electrons. The van der Waals surface area contributed by atoms with Crippen LogP contribution in [0.3, 0.4) is 0 Å². The van der Waals surface area contributed by atoms with E-state index in [0.717, 1.165) is 23.4 Å². The van der Waals surface area contributed by atoms with Crippen LogP contribution in [-0.2, 0) is 0 Å². The number of rotatable bonds is 2. The lowest BCUT2D eigenvalue weighted by atomic mass is 9.53. The van der Waals surface area contributed by atoms with Crippen molar-refractivity contribution in [3.05, 3.63) is 24.3 Å². The molecular weight excluding hydrogens is 280 g/mol. The first-order valence-electron chi connectivity index (χ1n) is 7.98. The number of hydrogen-bond donors (Lipinski definition) is 3. The van der Waals surface area contributed by atoms with E-state index in [0.29, 0.717) is 5.11 Å². The van der Waals surface area contributed by atoms with Gasteiger partial charge < -0.3 is 15.7 Å². The van der Waals surface area contributed by atoms with Gasteiger partial charge in [-0.1, -0.05) is 6.07 Å². The average molecular weight is 302 g/mol. The van der Waals surface area contributed by atoms with Crippen molar-refractivity contribution in [1.82, 2.24) is 5.32 Å². The summed E-state index contributed by atoms with van der Waals surface area (Å²) in [6, 6.07) is 7.12. The minimum atomic E-state index is 0.232. The van der Waals surface area contributed by atoms with Crippen molar-refractivity contribution >= 4 is 23.0 Å². The molecule has 112 valence electrons. The van der Waals surface area contributed by atoms with E-state index in [1.165, 1.54) is 38.5 Å². The van der Waals surface area contributed by atoms with Crippen LogP contribution in [0.25, 0.3) is 0 Å². The largest absolute Gasteiger partial charge is 0.508 e. The van der Waals surface area contributed by atoms with E-state index >= 15 is 0 Å². The highest BCUT2D eigenvalue weighted by atomic mass is 32.1. The summed E-state index contributed by atoms with van der Waals surface area (Å²) in [7, 11) is 0. The fourth-order valence-corrected chi connectivity index (χ4v) is 5.58. The van der Waals surface area contributed by atoms with Gasteiger partial charge in [-0.05, 0) is 80.6 Å². The maximum atomic E-state index is 9.52. The fourth-order valence-electron chi connectivity index (χ4n) is 5.25. The molecule has 0 saturated heterocycles. The minimum absolute atomic E-state index is 0.232. The Morgan fingerprint density at radius 1 is 1.10 bits per heavy atom. The Morgan fingerprint density at radius 2 is 1.71 bits per heavy atom. The normalized spacial score (nSPS) is 36.5. The highest BCUT2D eigenvalue weighted by Crippen LogP contribution is 2.55. The molecule has 4 heteroatoms. The fraction of sp³-hybridized carbons (Fsp3) is 0.588. The van der Waals surface area contributed by atoms with E-state index in [4.69, 9.17) is 12.2 Å². The number of aromatic hydroxyl groups is 1. The van der Waals surface area contributed by atoms with Gasteiger partial charge in [0.1, 0.15) is 5.75 Å². The molecule has 4 aliphatic rings. The van der Waals surface area contributed by atoms with E-state index in [2.05, 4.69) is 10.6 Å². The van der Waals surface area contributed by atoms with Gasteiger partial charge in [-0.3, -0.25) is 0 Å². The third-order valence-corrected chi connectivity index (χ3v) is 5.73. The van der Waals surface area contributed by atoms with Gasteiger partial charge in [-0.25, -0.2) is 0 Å². The van der Waals surface area contributed by atoms with Crippen LogP contribution in [0.2, 0.25) is 0 Å². The monoisotopic (exact) mass is 302 g/mol. The summed E-state index contributed by atoms with van der Waals surface area (Å²) in [6.45, 7) is 0. The Labute approximate surface area is 131 Å². The second-order valence-electron chi connectivity index (χ2n) is 7.33. The first-order valence-corrected chi connectivity index (χ1v) is 8.39. The summed E-state index contributed by atoms with van der Waals surface area (Å²) >= 11 is 5.51. The molecule has 21 heavy (non-hydrogen) atoms.